The molecule has 3 rings (SSSR count). The van der Waals surface area contributed by atoms with Crippen LogP contribution in [0.3, 0.4) is 0 Å². The Morgan fingerprint density at radius 2 is 1.96 bits per heavy atom. The van der Waals surface area contributed by atoms with Gasteiger partial charge in [-0.1, -0.05) is 24.6 Å². The van der Waals surface area contributed by atoms with E-state index in [4.69, 9.17) is 4.98 Å². The van der Waals surface area contributed by atoms with Crippen LogP contribution >= 0.6 is 23.1 Å². The normalized spacial score (nSPS) is 14.8. The second kappa shape index (κ2) is 8.65. The summed E-state index contributed by atoms with van der Waals surface area (Å²) in [6, 6.07) is -0.442. The molecule has 28 heavy (non-hydrogen) atoms. The van der Waals surface area contributed by atoms with Crippen molar-refractivity contribution in [1.29, 1.82) is 0 Å². The lowest BCUT2D eigenvalue weighted by molar-refractivity contribution is -0.117. The third kappa shape index (κ3) is 4.41. The topological polar surface area (TPSA) is 93.1 Å². The van der Waals surface area contributed by atoms with Crippen molar-refractivity contribution < 1.29 is 9.59 Å². The summed E-state index contributed by atoms with van der Waals surface area (Å²) in [6.45, 7) is 7.60. The molecule has 1 saturated carbocycles. The molecule has 9 heteroatoms. The molecule has 0 aromatic carbocycles. The Bertz CT molecular complexity index is 958. The summed E-state index contributed by atoms with van der Waals surface area (Å²) < 4.78 is 1.78. The first-order chi connectivity index (χ1) is 13.3. The zero-order valence-electron chi connectivity index (χ0n) is 16.6. The van der Waals surface area contributed by atoms with Crippen molar-refractivity contribution in [3.63, 3.8) is 0 Å². The van der Waals surface area contributed by atoms with E-state index in [2.05, 4.69) is 10.6 Å². The van der Waals surface area contributed by atoms with Gasteiger partial charge in [0, 0.05) is 17.0 Å². The summed E-state index contributed by atoms with van der Waals surface area (Å²) in [6.07, 6.45) is 4.09. The molecule has 0 atom stereocenters. The largest absolute Gasteiger partial charge is 0.336 e. The second-order valence-corrected chi connectivity index (χ2v) is 9.58. The number of aromatic nitrogens is 2. The van der Waals surface area contributed by atoms with Crippen LogP contribution in [0.4, 0.5) is 4.79 Å². The number of thiophene rings is 1. The number of hydrogen-bond donors (Lipinski definition) is 2. The highest BCUT2D eigenvalue weighted by atomic mass is 32.2. The van der Waals surface area contributed by atoms with E-state index in [9.17, 15) is 14.4 Å². The summed E-state index contributed by atoms with van der Waals surface area (Å²) in [5.74, 6) is -0.381. The monoisotopic (exact) mass is 422 g/mol. The van der Waals surface area contributed by atoms with Crippen molar-refractivity contribution in [2.45, 2.75) is 70.6 Å². The number of carbonyl (C=O) groups excluding carboxylic acids is 2. The molecule has 0 unspecified atom stereocenters. The number of aryl methyl sites for hydroxylation is 2. The lowest BCUT2D eigenvalue weighted by Gasteiger charge is -2.18. The van der Waals surface area contributed by atoms with Crippen molar-refractivity contribution in [3.05, 3.63) is 20.8 Å². The maximum Gasteiger partial charge on any atom is 0.321 e. The van der Waals surface area contributed by atoms with Crippen molar-refractivity contribution in [2.24, 2.45) is 0 Å². The quantitative estimate of drug-likeness (QED) is 0.568. The van der Waals surface area contributed by atoms with Gasteiger partial charge < -0.3 is 5.32 Å². The minimum atomic E-state index is -0.512. The van der Waals surface area contributed by atoms with Crippen LogP contribution in [0.5, 0.6) is 0 Å². The Hall–Kier alpha value is -1.87. The van der Waals surface area contributed by atoms with Crippen molar-refractivity contribution >= 4 is 45.3 Å². The van der Waals surface area contributed by atoms with Crippen LogP contribution in [-0.4, -0.2) is 33.3 Å². The summed E-state index contributed by atoms with van der Waals surface area (Å²) in [5.41, 5.74) is 0.975. The van der Waals surface area contributed by atoms with Crippen LogP contribution in [0.1, 0.15) is 56.0 Å². The molecule has 0 aliphatic heterocycles. The standard InChI is InChI=1S/C19H26N4O3S2/c1-10(2)20-18(26)21-14(24)9-27-19-22-16-15(11(3)12(4)28-16)17(25)23(19)13-7-5-6-8-13/h10,13H,5-9H2,1-4H3,(H2,20,21,24,26). The molecule has 1 fully saturated rings. The molecule has 1 aliphatic rings. The molecule has 2 heterocycles. The van der Waals surface area contributed by atoms with E-state index in [0.29, 0.717) is 10.5 Å². The van der Waals surface area contributed by atoms with E-state index >= 15 is 0 Å². The number of rotatable bonds is 5. The second-order valence-electron chi connectivity index (χ2n) is 7.44. The summed E-state index contributed by atoms with van der Waals surface area (Å²) >= 11 is 2.72. The van der Waals surface area contributed by atoms with Gasteiger partial charge in [0.2, 0.25) is 5.91 Å². The van der Waals surface area contributed by atoms with Crippen LogP contribution in [0.15, 0.2) is 9.95 Å². The average molecular weight is 423 g/mol. The molecule has 3 amide bonds. The number of hydrogen-bond acceptors (Lipinski definition) is 6. The molecule has 0 bridgehead atoms. The van der Waals surface area contributed by atoms with Gasteiger partial charge in [-0.05, 0) is 46.1 Å². The highest BCUT2D eigenvalue weighted by Crippen LogP contribution is 2.34. The molecule has 0 saturated heterocycles. The summed E-state index contributed by atoms with van der Waals surface area (Å²) in [5, 5.41) is 6.19. The van der Waals surface area contributed by atoms with Crippen LogP contribution in [0.25, 0.3) is 10.2 Å². The number of urea groups is 1. The minimum Gasteiger partial charge on any atom is -0.336 e. The van der Waals surface area contributed by atoms with E-state index in [0.717, 1.165) is 41.0 Å². The number of nitrogens with one attached hydrogen (secondary N) is 2. The number of thioether (sulfide) groups is 1. The van der Waals surface area contributed by atoms with Crippen LogP contribution in [0.2, 0.25) is 0 Å². The van der Waals surface area contributed by atoms with E-state index in [1.165, 1.54) is 23.1 Å². The van der Waals surface area contributed by atoms with Gasteiger partial charge in [0.05, 0.1) is 11.1 Å². The van der Waals surface area contributed by atoms with Gasteiger partial charge in [-0.3, -0.25) is 19.5 Å². The SMILES string of the molecule is Cc1sc2nc(SCC(=O)NC(=O)NC(C)C)n(C3CCCC3)c(=O)c2c1C. The van der Waals surface area contributed by atoms with Crippen molar-refractivity contribution in [3.8, 4) is 0 Å². The van der Waals surface area contributed by atoms with Crippen LogP contribution < -0.4 is 16.2 Å². The summed E-state index contributed by atoms with van der Waals surface area (Å²) in [4.78, 5) is 43.6. The molecular weight excluding hydrogens is 396 g/mol. The summed E-state index contributed by atoms with van der Waals surface area (Å²) in [7, 11) is 0. The highest BCUT2D eigenvalue weighted by molar-refractivity contribution is 7.99. The van der Waals surface area contributed by atoms with E-state index in [1.807, 2.05) is 27.7 Å². The first kappa shape index (κ1) is 20.9. The fourth-order valence-electron chi connectivity index (χ4n) is 3.47. The predicted octanol–water partition coefficient (Wildman–Crippen LogP) is 3.52. The number of carbonyl (C=O) groups is 2. The lowest BCUT2D eigenvalue weighted by atomic mass is 10.2. The molecule has 0 spiro atoms. The molecule has 1 aliphatic carbocycles. The predicted molar refractivity (Wildman–Crippen MR) is 113 cm³/mol. The molecule has 2 aromatic heterocycles. The minimum absolute atomic E-state index is 0.0146. The zero-order chi connectivity index (χ0) is 20.4. The first-order valence-electron chi connectivity index (χ1n) is 9.53. The Balaban J connectivity index is 1.87. The van der Waals surface area contributed by atoms with Gasteiger partial charge in [0.25, 0.3) is 5.56 Å². The molecule has 2 aromatic rings. The third-order valence-corrected chi connectivity index (χ3v) is 6.95. The fraction of sp³-hybridized carbons (Fsp3) is 0.579. The molecule has 7 nitrogen and oxygen atoms in total. The van der Waals surface area contributed by atoms with Gasteiger partial charge in [-0.2, -0.15) is 0 Å². The first-order valence-corrected chi connectivity index (χ1v) is 11.3. The van der Waals surface area contributed by atoms with Gasteiger partial charge in [0.15, 0.2) is 5.16 Å². The van der Waals surface area contributed by atoms with Gasteiger partial charge in [-0.25, -0.2) is 9.78 Å². The van der Waals surface area contributed by atoms with Crippen molar-refractivity contribution in [1.82, 2.24) is 20.2 Å². The maximum atomic E-state index is 13.3. The van der Waals surface area contributed by atoms with Crippen LogP contribution in [-0.2, 0) is 4.79 Å². The molecule has 152 valence electrons. The van der Waals surface area contributed by atoms with Crippen LogP contribution in [0, 0.1) is 13.8 Å². The van der Waals surface area contributed by atoms with Gasteiger partial charge >= 0.3 is 6.03 Å². The number of nitrogens with zero attached hydrogens (tertiary/aromatic N) is 2. The number of fused-ring (bicyclic) bond motifs is 1. The molecular formula is C19H26N4O3S2. The van der Waals surface area contributed by atoms with E-state index < -0.39 is 11.9 Å². The highest BCUT2D eigenvalue weighted by Gasteiger charge is 2.25. The number of imide groups is 1. The van der Waals surface area contributed by atoms with Gasteiger partial charge in [-0.15, -0.1) is 11.3 Å². The van der Waals surface area contributed by atoms with Gasteiger partial charge in [0.1, 0.15) is 4.83 Å². The van der Waals surface area contributed by atoms with E-state index in [-0.39, 0.29) is 23.4 Å². The Morgan fingerprint density at radius 3 is 2.61 bits per heavy atom. The lowest BCUT2D eigenvalue weighted by Crippen LogP contribution is -2.43. The number of amides is 3. The van der Waals surface area contributed by atoms with Crippen molar-refractivity contribution in [2.75, 3.05) is 5.75 Å². The Kier molecular flexibility index (Phi) is 6.44. The average Bonchev–Trinajstić information content (AvgIpc) is 3.21. The maximum absolute atomic E-state index is 13.3. The third-order valence-electron chi connectivity index (χ3n) is 4.90. The fourth-order valence-corrected chi connectivity index (χ4v) is 5.40. The Morgan fingerprint density at radius 1 is 1.29 bits per heavy atom. The zero-order valence-corrected chi connectivity index (χ0v) is 18.3. The Labute approximate surface area is 172 Å². The van der Waals surface area contributed by atoms with E-state index in [1.54, 1.807) is 4.57 Å². The smallest absolute Gasteiger partial charge is 0.321 e. The molecule has 2 N–H and O–H groups in total. The molecule has 0 radical (unpaired) electrons.